The lowest BCUT2D eigenvalue weighted by Gasteiger charge is -2.40. The van der Waals surface area contributed by atoms with Crippen molar-refractivity contribution in [2.24, 2.45) is 0 Å². The van der Waals surface area contributed by atoms with Crippen molar-refractivity contribution >= 4 is 12.4 Å². The molecule has 0 saturated carbocycles. The van der Waals surface area contributed by atoms with Gasteiger partial charge < -0.3 is 15.3 Å². The molecule has 2 aliphatic rings. The zero-order valence-electron chi connectivity index (χ0n) is 16.2. The smallest absolute Gasteiger partial charge is 0.165 e. The van der Waals surface area contributed by atoms with E-state index in [0.717, 1.165) is 47.2 Å². The van der Waals surface area contributed by atoms with Crippen LogP contribution in [0.5, 0.6) is 17.2 Å². The number of halogens is 1. The average molecular weight is 410 g/mol. The van der Waals surface area contributed by atoms with Crippen LogP contribution in [0.2, 0.25) is 0 Å². The molecule has 0 unspecified atom stereocenters. The largest absolute Gasteiger partial charge is 0.508 e. The lowest BCUT2D eigenvalue weighted by atomic mass is 9.74. The van der Waals surface area contributed by atoms with E-state index in [4.69, 9.17) is 0 Å². The third-order valence-corrected chi connectivity index (χ3v) is 6.26. The summed E-state index contributed by atoms with van der Waals surface area (Å²) in [5, 5.41) is 30.5. The fourth-order valence-electron chi connectivity index (χ4n) is 4.79. The van der Waals surface area contributed by atoms with Crippen molar-refractivity contribution in [3.63, 3.8) is 0 Å². The van der Waals surface area contributed by atoms with Crippen molar-refractivity contribution in [1.29, 1.82) is 0 Å². The van der Waals surface area contributed by atoms with Crippen LogP contribution in [-0.4, -0.2) is 33.8 Å². The number of rotatable bonds is 2. The third kappa shape index (κ3) is 3.13. The molecular formula is C24H24ClNO3. The average Bonchev–Trinajstić information content (AvgIpc) is 2.70. The summed E-state index contributed by atoms with van der Waals surface area (Å²) in [6.45, 7) is 1.02. The van der Waals surface area contributed by atoms with Crippen molar-refractivity contribution in [2.45, 2.75) is 25.3 Å². The SMILES string of the molecule is CN1CCc2ccc(Cc3ccc(O)cc3)c3c2[C@H]1Cc1ccc(O)c(O)c1-3.Cl. The van der Waals surface area contributed by atoms with E-state index in [9.17, 15) is 15.3 Å². The molecule has 0 amide bonds. The Hall–Kier alpha value is -2.69. The number of aromatic hydroxyl groups is 3. The Bertz CT molecular complexity index is 1080. The van der Waals surface area contributed by atoms with Crippen molar-refractivity contribution in [3.05, 3.63) is 76.3 Å². The predicted octanol–water partition coefficient (Wildman–Crippen LogP) is 4.57. The molecule has 0 radical (unpaired) electrons. The highest BCUT2D eigenvalue weighted by Gasteiger charge is 2.35. The van der Waals surface area contributed by atoms with Crippen LogP contribution in [0.25, 0.3) is 11.1 Å². The van der Waals surface area contributed by atoms with Gasteiger partial charge in [0.05, 0.1) is 0 Å². The lowest BCUT2D eigenvalue weighted by molar-refractivity contribution is 0.228. The van der Waals surface area contributed by atoms with Crippen LogP contribution in [0.3, 0.4) is 0 Å². The zero-order chi connectivity index (χ0) is 19.4. The van der Waals surface area contributed by atoms with Crippen LogP contribution >= 0.6 is 12.4 Å². The number of nitrogens with zero attached hydrogens (tertiary/aromatic N) is 1. The number of likely N-dealkylation sites (N-methyl/N-ethyl adjacent to an activating group) is 1. The molecule has 29 heavy (non-hydrogen) atoms. The van der Waals surface area contributed by atoms with Gasteiger partial charge in [-0.1, -0.05) is 30.3 Å². The van der Waals surface area contributed by atoms with Gasteiger partial charge >= 0.3 is 0 Å². The van der Waals surface area contributed by atoms with E-state index >= 15 is 0 Å². The molecule has 0 bridgehead atoms. The number of hydrogen-bond acceptors (Lipinski definition) is 4. The minimum Gasteiger partial charge on any atom is -0.508 e. The summed E-state index contributed by atoms with van der Waals surface area (Å²) in [6.07, 6.45) is 2.53. The Morgan fingerprint density at radius 1 is 0.897 bits per heavy atom. The molecule has 1 aliphatic carbocycles. The quantitative estimate of drug-likeness (QED) is 0.542. The van der Waals surface area contributed by atoms with Crippen LogP contribution in [0.15, 0.2) is 48.5 Å². The molecule has 1 heterocycles. The fraction of sp³-hybridized carbons (Fsp3) is 0.250. The van der Waals surface area contributed by atoms with Crippen molar-refractivity contribution in [2.75, 3.05) is 13.6 Å². The first-order chi connectivity index (χ1) is 13.5. The zero-order valence-corrected chi connectivity index (χ0v) is 17.0. The monoisotopic (exact) mass is 409 g/mol. The highest BCUT2D eigenvalue weighted by molar-refractivity contribution is 5.85. The Morgan fingerprint density at radius 3 is 2.38 bits per heavy atom. The summed E-state index contributed by atoms with van der Waals surface area (Å²) in [5.74, 6) is 0.157. The molecule has 0 spiro atoms. The van der Waals surface area contributed by atoms with E-state index in [1.807, 2.05) is 18.2 Å². The second-order valence-electron chi connectivity index (χ2n) is 7.93. The first kappa shape index (κ1) is 19.6. The van der Waals surface area contributed by atoms with Crippen molar-refractivity contribution < 1.29 is 15.3 Å². The maximum absolute atomic E-state index is 10.8. The van der Waals surface area contributed by atoms with Gasteiger partial charge in [0.25, 0.3) is 0 Å². The van der Waals surface area contributed by atoms with E-state index in [2.05, 4.69) is 24.1 Å². The van der Waals surface area contributed by atoms with E-state index in [-0.39, 0.29) is 35.7 Å². The molecule has 3 aromatic rings. The molecule has 0 aromatic heterocycles. The summed E-state index contributed by atoms with van der Waals surface area (Å²) in [4.78, 5) is 2.39. The Morgan fingerprint density at radius 2 is 1.62 bits per heavy atom. The summed E-state index contributed by atoms with van der Waals surface area (Å²) in [6, 6.07) is 15.4. The fourth-order valence-corrected chi connectivity index (χ4v) is 4.79. The standard InChI is InChI=1S/C24H23NO3.ClH/c1-25-11-10-15-4-5-16(12-14-2-7-18(26)8-3-14)22-21(15)19(25)13-17-6-9-20(27)24(28)23(17)22;/h2-9,19,26-28H,10-13H2,1H3;1H/t19-;/m1./s1. The number of phenolic OH excluding ortho intramolecular Hbond substituents is 3. The molecule has 0 fully saturated rings. The first-order valence-electron chi connectivity index (χ1n) is 9.70. The van der Waals surface area contributed by atoms with Gasteiger partial charge in [-0.15, -0.1) is 12.4 Å². The Balaban J connectivity index is 0.00000205. The molecule has 4 nitrogen and oxygen atoms in total. The third-order valence-electron chi connectivity index (χ3n) is 6.26. The number of phenols is 3. The molecule has 1 atom stereocenters. The van der Waals surface area contributed by atoms with Crippen LogP contribution in [0.1, 0.15) is 33.9 Å². The second kappa shape index (κ2) is 7.29. The first-order valence-corrected chi connectivity index (χ1v) is 9.70. The van der Waals surface area contributed by atoms with Crippen LogP contribution in [0, 0.1) is 0 Å². The highest BCUT2D eigenvalue weighted by atomic mass is 35.5. The minimum atomic E-state index is -0.0745. The minimum absolute atomic E-state index is 0. The van der Waals surface area contributed by atoms with Gasteiger partial charge in [0.2, 0.25) is 0 Å². The maximum Gasteiger partial charge on any atom is 0.165 e. The highest BCUT2D eigenvalue weighted by Crippen LogP contribution is 2.51. The van der Waals surface area contributed by atoms with E-state index in [0.29, 0.717) is 6.42 Å². The van der Waals surface area contributed by atoms with Crippen LogP contribution < -0.4 is 0 Å². The van der Waals surface area contributed by atoms with Gasteiger partial charge in [-0.05, 0) is 77.9 Å². The predicted molar refractivity (Wildman–Crippen MR) is 116 cm³/mol. The van der Waals surface area contributed by atoms with Crippen LogP contribution in [-0.2, 0) is 19.3 Å². The van der Waals surface area contributed by atoms with Crippen molar-refractivity contribution in [1.82, 2.24) is 4.90 Å². The molecule has 150 valence electrons. The van der Waals surface area contributed by atoms with Gasteiger partial charge in [0, 0.05) is 18.2 Å². The molecule has 5 rings (SSSR count). The normalized spacial score (nSPS) is 17.2. The molecular weight excluding hydrogens is 386 g/mol. The van der Waals surface area contributed by atoms with Gasteiger partial charge in [0.15, 0.2) is 11.5 Å². The number of benzene rings is 3. The lowest BCUT2D eigenvalue weighted by Crippen LogP contribution is -2.35. The molecule has 0 saturated heterocycles. The van der Waals surface area contributed by atoms with Gasteiger partial charge in [0.1, 0.15) is 5.75 Å². The topological polar surface area (TPSA) is 63.9 Å². The molecule has 1 aliphatic heterocycles. The van der Waals surface area contributed by atoms with Gasteiger partial charge in [-0.3, -0.25) is 4.90 Å². The van der Waals surface area contributed by atoms with Gasteiger partial charge in [-0.25, -0.2) is 0 Å². The summed E-state index contributed by atoms with van der Waals surface area (Å²) < 4.78 is 0. The van der Waals surface area contributed by atoms with E-state index in [1.165, 1.54) is 11.1 Å². The number of hydrogen-bond donors (Lipinski definition) is 3. The van der Waals surface area contributed by atoms with E-state index < -0.39 is 0 Å². The Kier molecular flexibility index (Phi) is 4.93. The van der Waals surface area contributed by atoms with Crippen molar-refractivity contribution in [3.8, 4) is 28.4 Å². The van der Waals surface area contributed by atoms with Gasteiger partial charge in [-0.2, -0.15) is 0 Å². The summed E-state index contributed by atoms with van der Waals surface area (Å²) in [5.41, 5.74) is 7.77. The van der Waals surface area contributed by atoms with E-state index in [1.54, 1.807) is 18.2 Å². The number of fused-ring (bicyclic) bond motifs is 2. The second-order valence-corrected chi connectivity index (χ2v) is 7.93. The maximum atomic E-state index is 10.8. The molecule has 3 aromatic carbocycles. The molecule has 3 N–H and O–H groups in total. The summed E-state index contributed by atoms with van der Waals surface area (Å²) >= 11 is 0. The Labute approximate surface area is 176 Å². The summed E-state index contributed by atoms with van der Waals surface area (Å²) in [7, 11) is 2.16. The molecule has 5 heteroatoms. The van der Waals surface area contributed by atoms with Crippen LogP contribution in [0.4, 0.5) is 0 Å².